The Kier molecular flexibility index (Phi) is 4.84. The van der Waals surface area contributed by atoms with Crippen LogP contribution in [0.1, 0.15) is 35.2 Å². The lowest BCUT2D eigenvalue weighted by molar-refractivity contribution is 0.0947. The molecule has 0 spiro atoms. The van der Waals surface area contributed by atoms with Crippen molar-refractivity contribution in [2.75, 3.05) is 19.1 Å². The third kappa shape index (κ3) is 2.98. The molecule has 6 nitrogen and oxygen atoms in total. The molecule has 0 bridgehead atoms. The van der Waals surface area contributed by atoms with Crippen LogP contribution in [-0.4, -0.2) is 37.2 Å². The number of hydrogen-bond acceptors (Lipinski definition) is 4. The normalized spacial score (nSPS) is 18.8. The van der Waals surface area contributed by atoms with E-state index in [1.165, 1.54) is 19.1 Å². The second kappa shape index (κ2) is 7.07. The number of rotatable bonds is 4. The molecule has 1 N–H and O–H groups in total. The van der Waals surface area contributed by atoms with E-state index >= 15 is 0 Å². The number of fused-ring (bicyclic) bond motifs is 1. The van der Waals surface area contributed by atoms with Gasteiger partial charge in [0.25, 0.3) is 0 Å². The maximum Gasteiger partial charge on any atom is 0.412 e. The lowest BCUT2D eigenvalue weighted by Crippen LogP contribution is -2.43. The van der Waals surface area contributed by atoms with Crippen molar-refractivity contribution in [2.45, 2.75) is 25.3 Å². The molecule has 1 amide bonds. The van der Waals surface area contributed by atoms with Crippen LogP contribution in [0.25, 0.3) is 0 Å². The SMILES string of the molecule is COc1cc2c(cc1OC)N(C(=O)O)C(C)CC2C(=O)c1ccccc1. The fourth-order valence-electron chi connectivity index (χ4n) is 3.53. The van der Waals surface area contributed by atoms with E-state index in [1.54, 1.807) is 31.2 Å². The third-order valence-corrected chi connectivity index (χ3v) is 4.77. The van der Waals surface area contributed by atoms with Gasteiger partial charge < -0.3 is 14.6 Å². The quantitative estimate of drug-likeness (QED) is 0.841. The van der Waals surface area contributed by atoms with Crippen molar-refractivity contribution < 1.29 is 24.2 Å². The average molecular weight is 355 g/mol. The minimum Gasteiger partial charge on any atom is -0.493 e. The van der Waals surface area contributed by atoms with Crippen molar-refractivity contribution >= 4 is 17.6 Å². The summed E-state index contributed by atoms with van der Waals surface area (Å²) in [6.45, 7) is 1.80. The van der Waals surface area contributed by atoms with Crippen molar-refractivity contribution in [1.29, 1.82) is 0 Å². The molecule has 2 aromatic rings. The summed E-state index contributed by atoms with van der Waals surface area (Å²) in [6, 6.07) is 12.0. The van der Waals surface area contributed by atoms with Crippen LogP contribution in [-0.2, 0) is 0 Å². The predicted octanol–water partition coefficient (Wildman–Crippen LogP) is 3.95. The van der Waals surface area contributed by atoms with Crippen molar-refractivity contribution in [1.82, 2.24) is 0 Å². The van der Waals surface area contributed by atoms with Crippen LogP contribution in [0.4, 0.5) is 10.5 Å². The summed E-state index contributed by atoms with van der Waals surface area (Å²) < 4.78 is 10.7. The van der Waals surface area contributed by atoms with Gasteiger partial charge in [-0.05, 0) is 25.0 Å². The highest BCUT2D eigenvalue weighted by Gasteiger charge is 2.38. The van der Waals surface area contributed by atoms with E-state index in [0.717, 1.165) is 0 Å². The number of amides is 1. The molecular weight excluding hydrogens is 334 g/mol. The molecule has 2 unspecified atom stereocenters. The van der Waals surface area contributed by atoms with Crippen LogP contribution in [0.15, 0.2) is 42.5 Å². The summed E-state index contributed by atoms with van der Waals surface area (Å²) in [5.74, 6) is 0.420. The van der Waals surface area contributed by atoms with Crippen LogP contribution < -0.4 is 14.4 Å². The zero-order valence-electron chi connectivity index (χ0n) is 14.9. The first-order chi connectivity index (χ1) is 12.5. The highest BCUT2D eigenvalue weighted by molar-refractivity contribution is 6.03. The van der Waals surface area contributed by atoms with Crippen molar-refractivity contribution in [3.8, 4) is 11.5 Å². The molecule has 0 radical (unpaired) electrons. The van der Waals surface area contributed by atoms with E-state index in [2.05, 4.69) is 0 Å². The summed E-state index contributed by atoms with van der Waals surface area (Å²) >= 11 is 0. The molecule has 26 heavy (non-hydrogen) atoms. The minimum absolute atomic E-state index is 0.0315. The molecule has 136 valence electrons. The molecule has 0 fully saturated rings. The van der Waals surface area contributed by atoms with E-state index in [0.29, 0.717) is 34.7 Å². The van der Waals surface area contributed by atoms with Crippen molar-refractivity contribution in [3.05, 3.63) is 53.6 Å². The first-order valence-electron chi connectivity index (χ1n) is 8.35. The molecule has 0 saturated heterocycles. The molecule has 2 aromatic carbocycles. The van der Waals surface area contributed by atoms with Crippen LogP contribution in [0.2, 0.25) is 0 Å². The van der Waals surface area contributed by atoms with Gasteiger partial charge in [-0.15, -0.1) is 0 Å². The Morgan fingerprint density at radius 2 is 1.69 bits per heavy atom. The largest absolute Gasteiger partial charge is 0.493 e. The number of hydrogen-bond donors (Lipinski definition) is 1. The number of methoxy groups -OCH3 is 2. The molecule has 0 aromatic heterocycles. The van der Waals surface area contributed by atoms with Gasteiger partial charge in [0.05, 0.1) is 25.8 Å². The number of ketones is 1. The van der Waals surface area contributed by atoms with Gasteiger partial charge in [0, 0.05) is 17.7 Å². The number of carbonyl (C=O) groups is 2. The number of carboxylic acid groups (broad SMARTS) is 1. The number of nitrogens with zero attached hydrogens (tertiary/aromatic N) is 1. The molecule has 6 heteroatoms. The Morgan fingerprint density at radius 3 is 2.27 bits per heavy atom. The molecule has 0 aliphatic carbocycles. The number of carbonyl (C=O) groups excluding carboxylic acids is 1. The molecular formula is C20H21NO5. The van der Waals surface area contributed by atoms with Crippen molar-refractivity contribution in [3.63, 3.8) is 0 Å². The van der Waals surface area contributed by atoms with E-state index in [-0.39, 0.29) is 11.8 Å². The maximum atomic E-state index is 13.1. The van der Waals surface area contributed by atoms with Crippen LogP contribution in [0.3, 0.4) is 0 Å². The Bertz CT molecular complexity index is 834. The monoisotopic (exact) mass is 355 g/mol. The van der Waals surface area contributed by atoms with Crippen LogP contribution in [0.5, 0.6) is 11.5 Å². The number of ether oxygens (including phenoxy) is 2. The molecule has 3 rings (SSSR count). The molecule has 1 aliphatic rings. The third-order valence-electron chi connectivity index (χ3n) is 4.77. The van der Waals surface area contributed by atoms with E-state index < -0.39 is 12.0 Å². The first-order valence-corrected chi connectivity index (χ1v) is 8.35. The van der Waals surface area contributed by atoms with Crippen molar-refractivity contribution in [2.24, 2.45) is 0 Å². The number of anilines is 1. The molecule has 0 saturated carbocycles. The Hall–Kier alpha value is -3.02. The van der Waals surface area contributed by atoms with Gasteiger partial charge in [0.2, 0.25) is 0 Å². The molecule has 2 atom stereocenters. The first kappa shape index (κ1) is 17.8. The fourth-order valence-corrected chi connectivity index (χ4v) is 3.53. The van der Waals surface area contributed by atoms with Gasteiger partial charge in [-0.3, -0.25) is 9.69 Å². The van der Waals surface area contributed by atoms with Gasteiger partial charge in [-0.1, -0.05) is 30.3 Å². The van der Waals surface area contributed by atoms with Gasteiger partial charge in [0.1, 0.15) is 0 Å². The highest BCUT2D eigenvalue weighted by Crippen LogP contribution is 2.45. The Labute approximate surface area is 152 Å². The predicted molar refractivity (Wildman–Crippen MR) is 97.6 cm³/mol. The van der Waals surface area contributed by atoms with E-state index in [4.69, 9.17) is 9.47 Å². The standard InChI is InChI=1S/C20H21NO5/c1-12-9-15(19(22)13-7-5-4-6-8-13)14-10-17(25-2)18(26-3)11-16(14)21(12)20(23)24/h4-8,10-12,15H,9H2,1-3H3,(H,23,24). The minimum atomic E-state index is -1.06. The zero-order chi connectivity index (χ0) is 18.8. The summed E-state index contributed by atoms with van der Waals surface area (Å²) in [5.41, 5.74) is 1.70. The van der Waals surface area contributed by atoms with Crippen LogP contribution >= 0.6 is 0 Å². The summed E-state index contributed by atoms with van der Waals surface area (Å²) in [5, 5.41) is 9.66. The second-order valence-corrected chi connectivity index (χ2v) is 6.29. The van der Waals surface area contributed by atoms with E-state index in [9.17, 15) is 14.7 Å². The van der Waals surface area contributed by atoms with Gasteiger partial charge in [-0.2, -0.15) is 0 Å². The summed E-state index contributed by atoms with van der Waals surface area (Å²) in [6.07, 6.45) is -0.653. The Morgan fingerprint density at radius 1 is 1.08 bits per heavy atom. The topological polar surface area (TPSA) is 76.1 Å². The van der Waals surface area contributed by atoms with Crippen LogP contribution in [0, 0.1) is 0 Å². The van der Waals surface area contributed by atoms with E-state index in [1.807, 2.05) is 18.2 Å². The maximum absolute atomic E-state index is 13.1. The van der Waals surface area contributed by atoms with Gasteiger partial charge in [0.15, 0.2) is 17.3 Å². The zero-order valence-corrected chi connectivity index (χ0v) is 14.9. The summed E-state index contributed by atoms with van der Waals surface area (Å²) in [4.78, 5) is 26.2. The highest BCUT2D eigenvalue weighted by atomic mass is 16.5. The smallest absolute Gasteiger partial charge is 0.412 e. The fraction of sp³-hybridized carbons (Fsp3) is 0.300. The van der Waals surface area contributed by atoms with Gasteiger partial charge in [-0.25, -0.2) is 4.79 Å². The lowest BCUT2D eigenvalue weighted by atomic mass is 9.81. The molecule has 1 aliphatic heterocycles. The van der Waals surface area contributed by atoms with Gasteiger partial charge >= 0.3 is 6.09 Å². The molecule has 1 heterocycles. The summed E-state index contributed by atoms with van der Waals surface area (Å²) in [7, 11) is 3.01. The number of Topliss-reactive ketones (excluding diaryl/α,β-unsaturated/α-hetero) is 1. The lowest BCUT2D eigenvalue weighted by Gasteiger charge is -2.37. The second-order valence-electron chi connectivity index (χ2n) is 6.29. The average Bonchev–Trinajstić information content (AvgIpc) is 2.65. The number of benzene rings is 2. The Balaban J connectivity index is 2.16.